The predicted molar refractivity (Wildman–Crippen MR) is 81.3 cm³/mol. The van der Waals surface area contributed by atoms with Gasteiger partial charge in [0.1, 0.15) is 5.82 Å². The second-order valence-electron chi connectivity index (χ2n) is 4.67. The monoisotopic (exact) mass is 308 g/mol. The lowest BCUT2D eigenvalue weighted by atomic mass is 10.1. The van der Waals surface area contributed by atoms with Crippen LogP contribution in [-0.4, -0.2) is 18.1 Å². The van der Waals surface area contributed by atoms with E-state index in [-0.39, 0.29) is 5.56 Å². The minimum atomic E-state index is -1.03. The fraction of sp³-hybridized carbons (Fsp3) is 0.133. The number of carbonyl (C=O) groups is 1. The van der Waals surface area contributed by atoms with Gasteiger partial charge in [-0.3, -0.25) is 0 Å². The Balaban J connectivity index is 2.24. The average molecular weight is 309 g/mol. The van der Waals surface area contributed by atoms with Gasteiger partial charge >= 0.3 is 5.97 Å². The average Bonchev–Trinajstić information content (AvgIpc) is 2.41. The molecule has 2 aromatic rings. The van der Waals surface area contributed by atoms with E-state index >= 15 is 0 Å². The minimum absolute atomic E-state index is 0.129. The third-order valence-electron chi connectivity index (χ3n) is 3.11. The lowest BCUT2D eigenvalue weighted by molar-refractivity contribution is 0.0697. The minimum Gasteiger partial charge on any atom is -0.478 e. The van der Waals surface area contributed by atoms with E-state index in [0.29, 0.717) is 22.9 Å². The van der Waals surface area contributed by atoms with E-state index in [0.717, 1.165) is 5.56 Å². The van der Waals surface area contributed by atoms with Crippen LogP contribution in [0.1, 0.15) is 15.9 Å². The van der Waals surface area contributed by atoms with Crippen molar-refractivity contribution < 1.29 is 14.3 Å². The number of benzene rings is 2. The number of nitrogen functional groups attached to an aromatic ring is 1. The Bertz CT molecular complexity index is 691. The van der Waals surface area contributed by atoms with Crippen LogP contribution in [0.25, 0.3) is 0 Å². The second-order valence-corrected chi connectivity index (χ2v) is 5.08. The van der Waals surface area contributed by atoms with E-state index in [2.05, 4.69) is 0 Å². The molecule has 0 heterocycles. The molecule has 0 bridgehead atoms. The summed E-state index contributed by atoms with van der Waals surface area (Å²) in [7, 11) is 1.80. The molecule has 0 saturated carbocycles. The van der Waals surface area contributed by atoms with Gasteiger partial charge in [-0.2, -0.15) is 0 Å². The normalized spacial score (nSPS) is 10.4. The van der Waals surface area contributed by atoms with Gasteiger partial charge in [0.15, 0.2) is 0 Å². The Morgan fingerprint density at radius 1 is 1.33 bits per heavy atom. The van der Waals surface area contributed by atoms with Crippen molar-refractivity contribution in [3.8, 4) is 0 Å². The molecule has 2 aromatic carbocycles. The predicted octanol–water partition coefficient (Wildman–Crippen LogP) is 3.40. The molecule has 0 radical (unpaired) electrons. The van der Waals surface area contributed by atoms with Gasteiger partial charge in [0.25, 0.3) is 0 Å². The molecule has 0 atom stereocenters. The summed E-state index contributed by atoms with van der Waals surface area (Å²) in [5.74, 6) is -1.42. The maximum absolute atomic E-state index is 13.0. The molecule has 0 aliphatic carbocycles. The number of aromatic carboxylic acids is 1. The molecule has 0 fully saturated rings. The quantitative estimate of drug-likeness (QED) is 0.850. The molecule has 4 nitrogen and oxygen atoms in total. The van der Waals surface area contributed by atoms with Crippen LogP contribution in [-0.2, 0) is 6.54 Å². The summed E-state index contributed by atoms with van der Waals surface area (Å²) in [5, 5.41) is 9.25. The SMILES string of the molecule is CN(Cc1ccc(F)cc1Cl)c1ccc(C(=O)O)cc1N. The molecular weight excluding hydrogens is 295 g/mol. The standard InChI is InChI=1S/C15H14ClFN2O2/c1-19(8-10-2-4-11(17)7-12(10)16)14-5-3-9(15(20)21)6-13(14)18/h2-7H,8,18H2,1H3,(H,20,21). The summed E-state index contributed by atoms with van der Waals surface area (Å²) in [4.78, 5) is 12.7. The lowest BCUT2D eigenvalue weighted by Crippen LogP contribution is -2.18. The fourth-order valence-corrected chi connectivity index (χ4v) is 2.25. The van der Waals surface area contributed by atoms with Crippen LogP contribution in [0.3, 0.4) is 0 Å². The van der Waals surface area contributed by atoms with Crippen LogP contribution in [0.2, 0.25) is 5.02 Å². The molecule has 0 amide bonds. The van der Waals surface area contributed by atoms with Gasteiger partial charge in [0.05, 0.1) is 16.9 Å². The third-order valence-corrected chi connectivity index (χ3v) is 3.46. The lowest BCUT2D eigenvalue weighted by Gasteiger charge is -2.22. The Kier molecular flexibility index (Phi) is 4.33. The molecule has 21 heavy (non-hydrogen) atoms. The highest BCUT2D eigenvalue weighted by atomic mass is 35.5. The molecule has 110 valence electrons. The van der Waals surface area contributed by atoms with Crippen molar-refractivity contribution in [2.24, 2.45) is 0 Å². The number of nitrogens with two attached hydrogens (primary N) is 1. The largest absolute Gasteiger partial charge is 0.478 e. The first-order valence-corrected chi connectivity index (χ1v) is 6.54. The Morgan fingerprint density at radius 3 is 2.62 bits per heavy atom. The number of hydrogen-bond acceptors (Lipinski definition) is 3. The Labute approximate surface area is 126 Å². The second kappa shape index (κ2) is 6.01. The van der Waals surface area contributed by atoms with E-state index in [1.807, 2.05) is 4.90 Å². The van der Waals surface area contributed by atoms with E-state index in [1.165, 1.54) is 24.3 Å². The number of rotatable bonds is 4. The maximum atomic E-state index is 13.0. The van der Waals surface area contributed by atoms with Crippen LogP contribution < -0.4 is 10.6 Å². The van der Waals surface area contributed by atoms with Gasteiger partial charge in [-0.1, -0.05) is 17.7 Å². The van der Waals surface area contributed by atoms with Crippen LogP contribution in [0.5, 0.6) is 0 Å². The van der Waals surface area contributed by atoms with Gasteiger partial charge in [-0.15, -0.1) is 0 Å². The van der Waals surface area contributed by atoms with Gasteiger partial charge in [0, 0.05) is 18.6 Å². The molecule has 0 spiro atoms. The van der Waals surface area contributed by atoms with Gasteiger partial charge in [0.2, 0.25) is 0 Å². The number of nitrogens with zero attached hydrogens (tertiary/aromatic N) is 1. The molecule has 2 rings (SSSR count). The summed E-state index contributed by atoms with van der Waals surface area (Å²) >= 11 is 5.99. The van der Waals surface area contributed by atoms with Gasteiger partial charge in [-0.25, -0.2) is 9.18 Å². The van der Waals surface area contributed by atoms with Crippen molar-refractivity contribution in [2.45, 2.75) is 6.54 Å². The molecule has 0 aromatic heterocycles. The zero-order valence-electron chi connectivity index (χ0n) is 11.3. The van der Waals surface area contributed by atoms with Crippen LogP contribution >= 0.6 is 11.6 Å². The summed E-state index contributed by atoms with van der Waals surface area (Å²) in [5.41, 5.74) is 7.80. The van der Waals surface area contributed by atoms with Crippen LogP contribution in [0.15, 0.2) is 36.4 Å². The molecular formula is C15H14ClFN2O2. The Hall–Kier alpha value is -2.27. The number of halogens is 2. The van der Waals surface area contributed by atoms with Crippen molar-refractivity contribution in [3.63, 3.8) is 0 Å². The van der Waals surface area contributed by atoms with Crippen molar-refractivity contribution in [1.29, 1.82) is 0 Å². The topological polar surface area (TPSA) is 66.6 Å². The summed E-state index contributed by atoms with van der Waals surface area (Å²) in [6, 6.07) is 8.72. The smallest absolute Gasteiger partial charge is 0.335 e. The first-order chi connectivity index (χ1) is 9.88. The van der Waals surface area contributed by atoms with Crippen molar-refractivity contribution in [1.82, 2.24) is 0 Å². The summed E-state index contributed by atoms with van der Waals surface area (Å²) in [6.45, 7) is 0.426. The molecule has 0 saturated heterocycles. The van der Waals surface area contributed by atoms with Gasteiger partial charge < -0.3 is 15.7 Å². The molecule has 0 aliphatic rings. The molecule has 0 unspecified atom stereocenters. The zero-order valence-corrected chi connectivity index (χ0v) is 12.1. The van der Waals surface area contributed by atoms with E-state index in [1.54, 1.807) is 19.2 Å². The highest BCUT2D eigenvalue weighted by molar-refractivity contribution is 6.31. The number of anilines is 2. The summed E-state index contributed by atoms with van der Waals surface area (Å²) in [6.07, 6.45) is 0. The van der Waals surface area contributed by atoms with Crippen LogP contribution in [0.4, 0.5) is 15.8 Å². The molecule has 6 heteroatoms. The first-order valence-electron chi connectivity index (χ1n) is 6.16. The fourth-order valence-electron chi connectivity index (χ4n) is 2.03. The van der Waals surface area contributed by atoms with Gasteiger partial charge in [-0.05, 0) is 35.9 Å². The maximum Gasteiger partial charge on any atom is 0.335 e. The van der Waals surface area contributed by atoms with Crippen molar-refractivity contribution >= 4 is 28.9 Å². The van der Waals surface area contributed by atoms with E-state index in [9.17, 15) is 9.18 Å². The van der Waals surface area contributed by atoms with E-state index in [4.69, 9.17) is 22.4 Å². The molecule has 0 aliphatic heterocycles. The number of carboxylic acids is 1. The van der Waals surface area contributed by atoms with E-state index < -0.39 is 11.8 Å². The van der Waals surface area contributed by atoms with Crippen molar-refractivity contribution in [2.75, 3.05) is 17.7 Å². The Morgan fingerprint density at radius 2 is 2.05 bits per heavy atom. The number of carboxylic acid groups (broad SMARTS) is 1. The van der Waals surface area contributed by atoms with Crippen molar-refractivity contribution in [3.05, 3.63) is 58.4 Å². The molecule has 3 N–H and O–H groups in total. The summed E-state index contributed by atoms with van der Waals surface area (Å²) < 4.78 is 13.0. The highest BCUT2D eigenvalue weighted by Gasteiger charge is 2.11. The highest BCUT2D eigenvalue weighted by Crippen LogP contribution is 2.26. The number of hydrogen-bond donors (Lipinski definition) is 2. The zero-order chi connectivity index (χ0) is 15.6. The first kappa shape index (κ1) is 15.1. The third kappa shape index (κ3) is 3.44. The van der Waals surface area contributed by atoms with Crippen LogP contribution in [0, 0.1) is 5.82 Å².